The first-order valence-electron chi connectivity index (χ1n) is 8.82. The molecule has 4 aromatic rings. The predicted octanol–water partition coefficient (Wildman–Crippen LogP) is 4.93. The molecule has 0 saturated carbocycles. The smallest absolute Gasteiger partial charge is 0.224 e. The molecule has 0 saturated heterocycles. The third-order valence-corrected chi connectivity index (χ3v) is 6.41. The fourth-order valence-electron chi connectivity index (χ4n) is 2.91. The zero-order valence-electron chi connectivity index (χ0n) is 15.3. The Hall–Kier alpha value is -3.29. The third kappa shape index (κ3) is 3.77. The maximum absolute atomic E-state index is 13.3. The standard InChI is InChI=1S/C22H14ClFN2O3S/c23-16-10-6-15(7-11-16)21-25-19(20(27)14-8-12-17(24)13-9-14)22(26-21)30(28,29)18-4-2-1-3-5-18/h1-13H,(H,25,26). The minimum atomic E-state index is -4.07. The second kappa shape index (κ2) is 7.85. The highest BCUT2D eigenvalue weighted by atomic mass is 35.5. The van der Waals surface area contributed by atoms with Crippen molar-refractivity contribution >= 4 is 27.2 Å². The van der Waals surface area contributed by atoms with E-state index in [4.69, 9.17) is 11.6 Å². The molecule has 30 heavy (non-hydrogen) atoms. The van der Waals surface area contributed by atoms with Gasteiger partial charge in [0, 0.05) is 16.1 Å². The topological polar surface area (TPSA) is 79.9 Å². The molecule has 0 bridgehead atoms. The van der Waals surface area contributed by atoms with Crippen molar-refractivity contribution in [1.82, 2.24) is 9.97 Å². The molecule has 4 rings (SSSR count). The zero-order chi connectivity index (χ0) is 21.3. The van der Waals surface area contributed by atoms with Crippen LogP contribution in [-0.2, 0) is 9.84 Å². The molecule has 0 aliphatic rings. The van der Waals surface area contributed by atoms with Gasteiger partial charge in [-0.05, 0) is 60.7 Å². The third-order valence-electron chi connectivity index (χ3n) is 4.43. The van der Waals surface area contributed by atoms with Gasteiger partial charge in [-0.25, -0.2) is 17.8 Å². The molecule has 0 fully saturated rings. The van der Waals surface area contributed by atoms with E-state index in [-0.39, 0.29) is 27.0 Å². The Balaban J connectivity index is 1.90. The number of nitrogens with zero attached hydrogens (tertiary/aromatic N) is 1. The number of carbonyl (C=O) groups is 1. The maximum Gasteiger partial charge on any atom is 0.224 e. The molecular weight excluding hydrogens is 427 g/mol. The molecule has 0 unspecified atom stereocenters. The number of H-pyrrole nitrogens is 1. The molecule has 3 aromatic carbocycles. The fourth-order valence-corrected chi connectivity index (χ4v) is 4.41. The number of aromatic nitrogens is 2. The number of hydrogen-bond donors (Lipinski definition) is 1. The number of aromatic amines is 1. The lowest BCUT2D eigenvalue weighted by Gasteiger charge is -2.05. The van der Waals surface area contributed by atoms with Crippen molar-refractivity contribution < 1.29 is 17.6 Å². The van der Waals surface area contributed by atoms with E-state index in [9.17, 15) is 17.6 Å². The van der Waals surface area contributed by atoms with E-state index in [1.54, 1.807) is 42.5 Å². The number of halogens is 2. The van der Waals surface area contributed by atoms with Crippen LogP contribution < -0.4 is 0 Å². The molecule has 0 atom stereocenters. The molecule has 0 spiro atoms. The van der Waals surface area contributed by atoms with E-state index < -0.39 is 21.4 Å². The highest BCUT2D eigenvalue weighted by Crippen LogP contribution is 2.28. The quantitative estimate of drug-likeness (QED) is 0.446. The van der Waals surface area contributed by atoms with Gasteiger partial charge in [0.15, 0.2) is 5.03 Å². The molecule has 8 heteroatoms. The van der Waals surface area contributed by atoms with Gasteiger partial charge in [0.25, 0.3) is 0 Å². The van der Waals surface area contributed by atoms with Crippen molar-refractivity contribution in [1.29, 1.82) is 0 Å². The van der Waals surface area contributed by atoms with Crippen LogP contribution in [0.25, 0.3) is 11.4 Å². The summed E-state index contributed by atoms with van der Waals surface area (Å²) in [5.74, 6) is -0.944. The van der Waals surface area contributed by atoms with Crippen molar-refractivity contribution in [2.75, 3.05) is 0 Å². The second-order valence-electron chi connectivity index (χ2n) is 6.42. The number of imidazole rings is 1. The Bertz CT molecular complexity index is 1320. The van der Waals surface area contributed by atoms with E-state index in [0.717, 1.165) is 12.1 Å². The minimum absolute atomic E-state index is 0.0180. The summed E-state index contributed by atoms with van der Waals surface area (Å²) in [5, 5.41) is 0.179. The first kappa shape index (κ1) is 20.0. The summed E-state index contributed by atoms with van der Waals surface area (Å²) in [7, 11) is -4.07. The van der Waals surface area contributed by atoms with Crippen LogP contribution >= 0.6 is 11.6 Å². The van der Waals surface area contributed by atoms with E-state index in [1.165, 1.54) is 24.3 Å². The van der Waals surface area contributed by atoms with Gasteiger partial charge in [-0.2, -0.15) is 0 Å². The summed E-state index contributed by atoms with van der Waals surface area (Å²) in [6.07, 6.45) is 0. The van der Waals surface area contributed by atoms with Gasteiger partial charge >= 0.3 is 0 Å². The van der Waals surface area contributed by atoms with Gasteiger partial charge in [-0.15, -0.1) is 0 Å². The van der Waals surface area contributed by atoms with Crippen LogP contribution in [0.3, 0.4) is 0 Å². The molecule has 0 amide bonds. The normalized spacial score (nSPS) is 11.4. The summed E-state index contributed by atoms with van der Waals surface area (Å²) in [5.41, 5.74) is 0.410. The Morgan fingerprint density at radius 1 is 0.900 bits per heavy atom. The molecule has 0 aliphatic heterocycles. The van der Waals surface area contributed by atoms with E-state index in [1.807, 2.05) is 0 Å². The first-order chi connectivity index (χ1) is 14.4. The van der Waals surface area contributed by atoms with Gasteiger partial charge < -0.3 is 4.98 Å². The summed E-state index contributed by atoms with van der Waals surface area (Å²) in [6, 6.07) is 19.1. The second-order valence-corrected chi connectivity index (χ2v) is 8.75. The summed E-state index contributed by atoms with van der Waals surface area (Å²) < 4.78 is 39.7. The van der Waals surface area contributed by atoms with Gasteiger partial charge in [-0.3, -0.25) is 4.79 Å². The summed E-state index contributed by atoms with van der Waals surface area (Å²) >= 11 is 5.92. The Kier molecular flexibility index (Phi) is 5.24. The average Bonchev–Trinajstić information content (AvgIpc) is 3.21. The van der Waals surface area contributed by atoms with Crippen LogP contribution in [-0.4, -0.2) is 24.2 Å². The highest BCUT2D eigenvalue weighted by Gasteiger charge is 2.30. The predicted molar refractivity (Wildman–Crippen MR) is 111 cm³/mol. The monoisotopic (exact) mass is 440 g/mol. The number of sulfone groups is 1. The van der Waals surface area contributed by atoms with E-state index in [2.05, 4.69) is 9.97 Å². The number of rotatable bonds is 5. The molecule has 1 N–H and O–H groups in total. The Morgan fingerprint density at radius 2 is 1.53 bits per heavy atom. The SMILES string of the molecule is O=C(c1ccc(F)cc1)c1nc(-c2ccc(Cl)cc2)[nH]c1S(=O)(=O)c1ccccc1. The van der Waals surface area contributed by atoms with Crippen molar-refractivity contribution in [2.24, 2.45) is 0 Å². The van der Waals surface area contributed by atoms with Crippen LogP contribution in [0.1, 0.15) is 16.1 Å². The summed E-state index contributed by atoms with van der Waals surface area (Å²) in [4.78, 5) is 20.1. The molecular formula is C22H14ClFN2O3S. The van der Waals surface area contributed by atoms with Gasteiger partial charge in [-0.1, -0.05) is 29.8 Å². The largest absolute Gasteiger partial charge is 0.328 e. The van der Waals surface area contributed by atoms with Gasteiger partial charge in [0.05, 0.1) is 4.90 Å². The zero-order valence-corrected chi connectivity index (χ0v) is 16.9. The summed E-state index contributed by atoms with van der Waals surface area (Å²) in [6.45, 7) is 0. The van der Waals surface area contributed by atoms with Crippen LogP contribution in [0.2, 0.25) is 5.02 Å². The van der Waals surface area contributed by atoms with Gasteiger partial charge in [0.1, 0.15) is 17.3 Å². The van der Waals surface area contributed by atoms with Crippen molar-refractivity contribution in [3.63, 3.8) is 0 Å². The number of carbonyl (C=O) groups excluding carboxylic acids is 1. The lowest BCUT2D eigenvalue weighted by Crippen LogP contribution is -2.11. The molecule has 5 nitrogen and oxygen atoms in total. The molecule has 0 aliphatic carbocycles. The Morgan fingerprint density at radius 3 is 2.17 bits per heavy atom. The maximum atomic E-state index is 13.3. The van der Waals surface area contributed by atoms with E-state index in [0.29, 0.717) is 10.6 Å². The van der Waals surface area contributed by atoms with Gasteiger partial charge in [0.2, 0.25) is 15.6 Å². The van der Waals surface area contributed by atoms with Crippen molar-refractivity contribution in [2.45, 2.75) is 9.92 Å². The lowest BCUT2D eigenvalue weighted by molar-refractivity contribution is 0.103. The minimum Gasteiger partial charge on any atom is -0.328 e. The lowest BCUT2D eigenvalue weighted by atomic mass is 10.1. The van der Waals surface area contributed by atoms with E-state index >= 15 is 0 Å². The molecule has 1 aromatic heterocycles. The fraction of sp³-hybridized carbons (Fsp3) is 0. The van der Waals surface area contributed by atoms with Crippen LogP contribution in [0.5, 0.6) is 0 Å². The Labute approximate surface area is 177 Å². The molecule has 0 radical (unpaired) electrons. The van der Waals surface area contributed by atoms with Crippen LogP contribution in [0, 0.1) is 5.82 Å². The number of benzene rings is 3. The highest BCUT2D eigenvalue weighted by molar-refractivity contribution is 7.91. The van der Waals surface area contributed by atoms with Crippen LogP contribution in [0.15, 0.2) is 88.8 Å². The van der Waals surface area contributed by atoms with Crippen molar-refractivity contribution in [3.8, 4) is 11.4 Å². The molecule has 150 valence electrons. The van der Waals surface area contributed by atoms with Crippen molar-refractivity contribution in [3.05, 3.63) is 101 Å². The first-order valence-corrected chi connectivity index (χ1v) is 10.7. The average molecular weight is 441 g/mol. The molecule has 1 heterocycles. The number of hydrogen-bond acceptors (Lipinski definition) is 4. The number of ketones is 1. The number of nitrogens with one attached hydrogen (secondary N) is 1. The van der Waals surface area contributed by atoms with Crippen LogP contribution in [0.4, 0.5) is 4.39 Å².